The van der Waals surface area contributed by atoms with Crippen molar-refractivity contribution in [3.05, 3.63) is 34.7 Å². The summed E-state index contributed by atoms with van der Waals surface area (Å²) in [5, 5.41) is 1.10. The SMILES string of the molecule is CC1CCc2cc(F)c(Cl)c3ccn1c23. The molecule has 0 bridgehead atoms. The Morgan fingerprint density at radius 3 is 3.13 bits per heavy atom. The zero-order valence-electron chi connectivity index (χ0n) is 8.43. The van der Waals surface area contributed by atoms with Gasteiger partial charge < -0.3 is 4.57 Å². The van der Waals surface area contributed by atoms with E-state index in [-0.39, 0.29) is 10.8 Å². The number of hydrogen-bond donors (Lipinski definition) is 0. The molecule has 3 rings (SSSR count). The maximum absolute atomic E-state index is 13.5. The van der Waals surface area contributed by atoms with Crippen LogP contribution in [-0.4, -0.2) is 4.57 Å². The van der Waals surface area contributed by atoms with Crippen molar-refractivity contribution >= 4 is 22.5 Å². The second-order valence-corrected chi connectivity index (χ2v) is 4.58. The van der Waals surface area contributed by atoms with Crippen molar-refractivity contribution in [2.24, 2.45) is 0 Å². The smallest absolute Gasteiger partial charge is 0.142 e. The molecular formula is C12H11ClFN. The molecule has 2 heterocycles. The van der Waals surface area contributed by atoms with E-state index >= 15 is 0 Å². The molecule has 1 unspecified atom stereocenters. The number of benzene rings is 1. The van der Waals surface area contributed by atoms with Crippen LogP contribution in [0, 0.1) is 5.82 Å². The van der Waals surface area contributed by atoms with Gasteiger partial charge in [-0.3, -0.25) is 0 Å². The Morgan fingerprint density at radius 2 is 2.33 bits per heavy atom. The summed E-state index contributed by atoms with van der Waals surface area (Å²) in [4.78, 5) is 0. The quantitative estimate of drug-likeness (QED) is 0.638. The molecule has 0 amide bonds. The lowest BCUT2D eigenvalue weighted by Crippen LogP contribution is -2.12. The number of halogens is 2. The molecule has 2 aromatic rings. The van der Waals surface area contributed by atoms with E-state index in [1.54, 1.807) is 6.07 Å². The van der Waals surface area contributed by atoms with Crippen LogP contribution in [0.5, 0.6) is 0 Å². The van der Waals surface area contributed by atoms with Crippen LogP contribution in [0.4, 0.5) is 4.39 Å². The van der Waals surface area contributed by atoms with Crippen molar-refractivity contribution in [2.45, 2.75) is 25.8 Å². The average Bonchev–Trinajstić information content (AvgIpc) is 2.65. The fraction of sp³-hybridized carbons (Fsp3) is 0.333. The Morgan fingerprint density at radius 1 is 1.53 bits per heavy atom. The average molecular weight is 224 g/mol. The van der Waals surface area contributed by atoms with Crippen molar-refractivity contribution in [1.29, 1.82) is 0 Å². The van der Waals surface area contributed by atoms with Crippen LogP contribution < -0.4 is 0 Å². The first-order valence-electron chi connectivity index (χ1n) is 5.16. The van der Waals surface area contributed by atoms with Gasteiger partial charge in [-0.2, -0.15) is 0 Å². The van der Waals surface area contributed by atoms with Crippen LogP contribution in [0.2, 0.25) is 5.02 Å². The first-order valence-corrected chi connectivity index (χ1v) is 5.53. The van der Waals surface area contributed by atoms with E-state index in [9.17, 15) is 4.39 Å². The molecule has 0 N–H and O–H groups in total. The summed E-state index contributed by atoms with van der Waals surface area (Å²) in [5.74, 6) is -0.300. The van der Waals surface area contributed by atoms with Crippen molar-refractivity contribution in [3.63, 3.8) is 0 Å². The first-order chi connectivity index (χ1) is 7.18. The maximum atomic E-state index is 13.5. The third-order valence-electron chi connectivity index (χ3n) is 3.27. The van der Waals surface area contributed by atoms with Crippen molar-refractivity contribution < 1.29 is 4.39 Å². The third kappa shape index (κ3) is 1.14. The van der Waals surface area contributed by atoms with E-state index < -0.39 is 0 Å². The fourth-order valence-corrected chi connectivity index (χ4v) is 2.65. The van der Waals surface area contributed by atoms with Gasteiger partial charge in [-0.15, -0.1) is 0 Å². The summed E-state index contributed by atoms with van der Waals surface area (Å²) in [6.07, 6.45) is 4.01. The molecule has 1 aromatic heterocycles. The number of hydrogen-bond acceptors (Lipinski definition) is 0. The first kappa shape index (κ1) is 9.22. The Hall–Kier alpha value is -1.02. The van der Waals surface area contributed by atoms with Crippen LogP contribution >= 0.6 is 11.6 Å². The normalized spacial score (nSPS) is 19.8. The summed E-state index contributed by atoms with van der Waals surface area (Å²) in [6, 6.07) is 3.97. The lowest BCUT2D eigenvalue weighted by molar-refractivity contribution is 0.502. The Balaban J connectivity index is 2.46. The summed E-state index contributed by atoms with van der Waals surface area (Å²) < 4.78 is 15.7. The van der Waals surface area contributed by atoms with Gasteiger partial charge in [0.25, 0.3) is 0 Å². The Bertz CT molecular complexity index is 544. The monoisotopic (exact) mass is 223 g/mol. The number of aromatic nitrogens is 1. The van der Waals surface area contributed by atoms with Crippen LogP contribution in [0.1, 0.15) is 24.9 Å². The van der Waals surface area contributed by atoms with Gasteiger partial charge in [0.05, 0.1) is 10.5 Å². The van der Waals surface area contributed by atoms with Crippen molar-refractivity contribution in [3.8, 4) is 0 Å². The van der Waals surface area contributed by atoms with Gasteiger partial charge in [0, 0.05) is 17.6 Å². The lowest BCUT2D eigenvalue weighted by Gasteiger charge is -2.22. The molecule has 0 saturated heterocycles. The Kier molecular flexibility index (Phi) is 1.84. The summed E-state index contributed by atoms with van der Waals surface area (Å²) in [5.41, 5.74) is 2.19. The van der Waals surface area contributed by atoms with Gasteiger partial charge in [-0.25, -0.2) is 4.39 Å². The molecule has 0 radical (unpaired) electrons. The largest absolute Gasteiger partial charge is 0.344 e. The van der Waals surface area contributed by atoms with Crippen molar-refractivity contribution in [2.75, 3.05) is 0 Å². The molecule has 15 heavy (non-hydrogen) atoms. The molecule has 1 aliphatic rings. The molecule has 0 fully saturated rings. The molecule has 0 saturated carbocycles. The van der Waals surface area contributed by atoms with E-state index in [0.29, 0.717) is 6.04 Å². The summed E-state index contributed by atoms with van der Waals surface area (Å²) >= 11 is 5.95. The molecule has 1 nitrogen and oxygen atoms in total. The number of nitrogens with zero attached hydrogens (tertiary/aromatic N) is 1. The van der Waals surface area contributed by atoms with Gasteiger partial charge in [0.15, 0.2) is 0 Å². The maximum Gasteiger partial charge on any atom is 0.142 e. The van der Waals surface area contributed by atoms with Crippen LogP contribution in [0.3, 0.4) is 0 Å². The highest BCUT2D eigenvalue weighted by atomic mass is 35.5. The summed E-state index contributed by atoms with van der Waals surface area (Å²) in [7, 11) is 0. The van der Waals surface area contributed by atoms with E-state index in [2.05, 4.69) is 11.5 Å². The zero-order valence-corrected chi connectivity index (χ0v) is 9.18. The van der Waals surface area contributed by atoms with Gasteiger partial charge in [-0.05, 0) is 37.5 Å². The molecule has 3 heteroatoms. The molecule has 1 atom stereocenters. The topological polar surface area (TPSA) is 4.93 Å². The van der Waals surface area contributed by atoms with Gasteiger partial charge in [0.2, 0.25) is 0 Å². The van der Waals surface area contributed by atoms with E-state index in [1.165, 1.54) is 0 Å². The molecule has 0 aliphatic carbocycles. The second kappa shape index (κ2) is 2.99. The van der Waals surface area contributed by atoms with Gasteiger partial charge in [0.1, 0.15) is 5.82 Å². The van der Waals surface area contributed by atoms with Crippen LogP contribution in [0.15, 0.2) is 18.3 Å². The van der Waals surface area contributed by atoms with Gasteiger partial charge >= 0.3 is 0 Å². The van der Waals surface area contributed by atoms with E-state index in [0.717, 1.165) is 29.3 Å². The highest BCUT2D eigenvalue weighted by Gasteiger charge is 2.20. The third-order valence-corrected chi connectivity index (χ3v) is 3.66. The van der Waals surface area contributed by atoms with Crippen LogP contribution in [-0.2, 0) is 6.42 Å². The fourth-order valence-electron chi connectivity index (χ4n) is 2.44. The van der Waals surface area contributed by atoms with Crippen LogP contribution in [0.25, 0.3) is 10.9 Å². The predicted molar refractivity (Wildman–Crippen MR) is 59.9 cm³/mol. The van der Waals surface area contributed by atoms with Gasteiger partial charge in [-0.1, -0.05) is 11.6 Å². The molecule has 1 aromatic carbocycles. The van der Waals surface area contributed by atoms with Crippen molar-refractivity contribution in [1.82, 2.24) is 4.57 Å². The molecule has 0 spiro atoms. The molecule has 1 aliphatic heterocycles. The standard InChI is InChI=1S/C12H11ClFN/c1-7-2-3-8-6-10(14)11(13)9-4-5-15(7)12(8)9/h4-7H,2-3H2,1H3. The minimum absolute atomic E-state index is 0.251. The minimum Gasteiger partial charge on any atom is -0.344 e. The number of aryl methyl sites for hydroxylation is 1. The molecule has 78 valence electrons. The highest BCUT2D eigenvalue weighted by molar-refractivity contribution is 6.35. The van der Waals surface area contributed by atoms with E-state index in [4.69, 9.17) is 11.6 Å². The highest BCUT2D eigenvalue weighted by Crippen LogP contribution is 2.36. The summed E-state index contributed by atoms with van der Waals surface area (Å²) in [6.45, 7) is 2.18. The second-order valence-electron chi connectivity index (χ2n) is 4.20. The predicted octanol–water partition coefficient (Wildman–Crippen LogP) is 3.94. The van der Waals surface area contributed by atoms with E-state index in [1.807, 2.05) is 12.3 Å². The zero-order chi connectivity index (χ0) is 10.6. The number of rotatable bonds is 0. The minimum atomic E-state index is -0.300. The lowest BCUT2D eigenvalue weighted by atomic mass is 9.99. The Labute approximate surface area is 92.5 Å². The molecular weight excluding hydrogens is 213 g/mol.